The van der Waals surface area contributed by atoms with Crippen LogP contribution in [-0.4, -0.2) is 48.2 Å². The molecule has 0 bridgehead atoms. The average Bonchev–Trinajstić information content (AvgIpc) is 3.43. The van der Waals surface area contributed by atoms with E-state index in [4.69, 9.17) is 9.47 Å². The van der Waals surface area contributed by atoms with E-state index in [1.54, 1.807) is 6.20 Å². The normalized spacial score (nSPS) is 18.4. The van der Waals surface area contributed by atoms with E-state index in [2.05, 4.69) is 38.5 Å². The minimum atomic E-state index is -0.235. The number of aromatic nitrogens is 6. The molecule has 9 nitrogen and oxygen atoms in total. The minimum Gasteiger partial charge on any atom is -0.487 e. The zero-order valence-electron chi connectivity index (χ0n) is 18.8. The zero-order valence-corrected chi connectivity index (χ0v) is 18.8. The molecule has 1 N–H and O–H groups in total. The molecule has 5 heterocycles. The largest absolute Gasteiger partial charge is 0.487 e. The lowest BCUT2D eigenvalue weighted by molar-refractivity contribution is -0.0157. The molecule has 1 saturated heterocycles. The number of rotatable bonds is 6. The van der Waals surface area contributed by atoms with Gasteiger partial charge in [0.2, 0.25) is 0 Å². The summed E-state index contributed by atoms with van der Waals surface area (Å²) in [5.41, 5.74) is 3.55. The highest BCUT2D eigenvalue weighted by Crippen LogP contribution is 2.33. The third kappa shape index (κ3) is 4.03. The number of hydrogen-bond donors (Lipinski definition) is 1. The predicted octanol–water partition coefficient (Wildman–Crippen LogP) is 3.83. The Morgan fingerprint density at radius 1 is 1.19 bits per heavy atom. The zero-order chi connectivity index (χ0) is 22.3. The Labute approximate surface area is 186 Å². The van der Waals surface area contributed by atoms with Crippen molar-refractivity contribution in [2.24, 2.45) is 7.05 Å². The summed E-state index contributed by atoms with van der Waals surface area (Å²) < 4.78 is 15.7. The van der Waals surface area contributed by atoms with Crippen molar-refractivity contribution >= 4 is 17.2 Å². The predicted molar refractivity (Wildman–Crippen MR) is 121 cm³/mol. The van der Waals surface area contributed by atoms with Crippen LogP contribution in [0.2, 0.25) is 0 Å². The Kier molecular flexibility index (Phi) is 5.05. The molecule has 166 valence electrons. The van der Waals surface area contributed by atoms with Gasteiger partial charge in [-0.2, -0.15) is 10.2 Å². The highest BCUT2D eigenvalue weighted by Gasteiger charge is 2.31. The molecule has 0 radical (unpaired) electrons. The van der Waals surface area contributed by atoms with E-state index < -0.39 is 0 Å². The Balaban J connectivity index is 1.41. The number of pyridine rings is 1. The van der Waals surface area contributed by atoms with Gasteiger partial charge in [0, 0.05) is 43.2 Å². The second-order valence-electron chi connectivity index (χ2n) is 8.55. The van der Waals surface area contributed by atoms with Crippen LogP contribution >= 0.6 is 0 Å². The number of nitrogens with one attached hydrogen (secondary N) is 1. The van der Waals surface area contributed by atoms with Crippen molar-refractivity contribution in [2.75, 3.05) is 18.5 Å². The van der Waals surface area contributed by atoms with Crippen LogP contribution in [0.25, 0.3) is 16.8 Å². The van der Waals surface area contributed by atoms with Gasteiger partial charge >= 0.3 is 0 Å². The Morgan fingerprint density at radius 2 is 2.06 bits per heavy atom. The van der Waals surface area contributed by atoms with E-state index in [1.807, 2.05) is 54.5 Å². The van der Waals surface area contributed by atoms with Gasteiger partial charge in [-0.05, 0) is 45.7 Å². The molecule has 1 fully saturated rings. The third-order valence-electron chi connectivity index (χ3n) is 5.70. The maximum absolute atomic E-state index is 6.16. The number of hydrogen-bond acceptors (Lipinski definition) is 7. The maximum atomic E-state index is 6.16. The fraction of sp³-hybridized carbons (Fsp3) is 0.391. The molecule has 1 atom stereocenters. The first-order chi connectivity index (χ1) is 15.4. The summed E-state index contributed by atoms with van der Waals surface area (Å²) >= 11 is 0. The third-order valence-corrected chi connectivity index (χ3v) is 5.70. The molecule has 0 unspecified atom stereocenters. The van der Waals surface area contributed by atoms with Crippen LogP contribution in [0, 0.1) is 13.8 Å². The smallest absolute Gasteiger partial charge is 0.165 e. The van der Waals surface area contributed by atoms with Crippen LogP contribution in [0.4, 0.5) is 11.6 Å². The van der Waals surface area contributed by atoms with Crippen molar-refractivity contribution in [3.8, 4) is 17.0 Å². The Hall–Kier alpha value is -3.46. The van der Waals surface area contributed by atoms with E-state index >= 15 is 0 Å². The molecule has 0 aromatic carbocycles. The molecule has 1 aliphatic rings. The molecule has 1 aliphatic heterocycles. The van der Waals surface area contributed by atoms with Gasteiger partial charge in [0.25, 0.3) is 0 Å². The molecule has 4 aromatic rings. The monoisotopic (exact) mass is 433 g/mol. The average molecular weight is 434 g/mol. The van der Waals surface area contributed by atoms with Gasteiger partial charge in [-0.3, -0.25) is 4.68 Å². The van der Waals surface area contributed by atoms with Crippen molar-refractivity contribution in [1.29, 1.82) is 0 Å². The Morgan fingerprint density at radius 3 is 2.84 bits per heavy atom. The van der Waals surface area contributed by atoms with Crippen LogP contribution in [0.5, 0.6) is 5.75 Å². The summed E-state index contributed by atoms with van der Waals surface area (Å²) in [6, 6.07) is 7.98. The molecule has 9 heteroatoms. The first-order valence-corrected chi connectivity index (χ1v) is 10.8. The van der Waals surface area contributed by atoms with Gasteiger partial charge in [0.1, 0.15) is 23.9 Å². The van der Waals surface area contributed by atoms with E-state index in [0.717, 1.165) is 59.3 Å². The summed E-state index contributed by atoms with van der Waals surface area (Å²) in [5.74, 6) is 2.91. The number of fused-ring (bicyclic) bond motifs is 1. The first-order valence-electron chi connectivity index (χ1n) is 10.8. The lowest BCUT2D eigenvalue weighted by Gasteiger charge is -2.23. The van der Waals surface area contributed by atoms with Crippen LogP contribution in [-0.2, 0) is 11.8 Å². The van der Waals surface area contributed by atoms with Crippen molar-refractivity contribution in [3.63, 3.8) is 0 Å². The lowest BCUT2D eigenvalue weighted by Crippen LogP contribution is -2.31. The van der Waals surface area contributed by atoms with E-state index in [-0.39, 0.29) is 5.60 Å². The number of ether oxygens (including phenoxy) is 2. The van der Waals surface area contributed by atoms with E-state index in [9.17, 15) is 0 Å². The number of aryl methyl sites for hydroxylation is 3. The van der Waals surface area contributed by atoms with Crippen LogP contribution in [0.1, 0.15) is 31.3 Å². The SMILES string of the molecule is Cc1cc(Nc2cc3cc(-c4c(OC[C@]5(C)CCCO5)cnn4C)ccn3n2)nc(C)n1. The summed E-state index contributed by atoms with van der Waals surface area (Å²) in [7, 11) is 1.92. The molecule has 0 amide bonds. The molecular formula is C23H27N7O2. The van der Waals surface area contributed by atoms with Crippen molar-refractivity contribution < 1.29 is 9.47 Å². The number of anilines is 2. The van der Waals surface area contributed by atoms with Crippen LogP contribution in [0.15, 0.2) is 36.7 Å². The summed E-state index contributed by atoms with van der Waals surface area (Å²) in [5, 5.41) is 12.3. The highest BCUT2D eigenvalue weighted by molar-refractivity contribution is 5.72. The molecule has 0 aliphatic carbocycles. The molecule has 4 aromatic heterocycles. The molecule has 32 heavy (non-hydrogen) atoms. The summed E-state index contributed by atoms with van der Waals surface area (Å²) in [6.07, 6.45) is 5.78. The second-order valence-corrected chi connectivity index (χ2v) is 8.55. The van der Waals surface area contributed by atoms with Crippen LogP contribution in [0.3, 0.4) is 0 Å². The fourth-order valence-electron chi connectivity index (χ4n) is 4.15. The second kappa shape index (κ2) is 7.90. The fourth-order valence-corrected chi connectivity index (χ4v) is 4.15. The number of nitrogens with zero attached hydrogens (tertiary/aromatic N) is 6. The van der Waals surface area contributed by atoms with Crippen molar-refractivity contribution in [2.45, 2.75) is 39.2 Å². The van der Waals surface area contributed by atoms with Gasteiger partial charge < -0.3 is 14.8 Å². The van der Waals surface area contributed by atoms with Gasteiger partial charge in [-0.15, -0.1) is 0 Å². The summed E-state index contributed by atoms with van der Waals surface area (Å²) in [6.45, 7) is 7.22. The topological polar surface area (TPSA) is 91.4 Å². The maximum Gasteiger partial charge on any atom is 0.165 e. The van der Waals surface area contributed by atoms with Gasteiger partial charge in [-0.1, -0.05) is 0 Å². The van der Waals surface area contributed by atoms with E-state index in [0.29, 0.717) is 12.4 Å². The minimum absolute atomic E-state index is 0.235. The quantitative estimate of drug-likeness (QED) is 0.494. The molecular weight excluding hydrogens is 406 g/mol. The lowest BCUT2D eigenvalue weighted by atomic mass is 10.0. The first kappa shape index (κ1) is 20.4. The van der Waals surface area contributed by atoms with Gasteiger partial charge in [0.05, 0.1) is 17.3 Å². The van der Waals surface area contributed by atoms with Crippen LogP contribution < -0.4 is 10.1 Å². The van der Waals surface area contributed by atoms with Crippen molar-refractivity contribution in [3.05, 3.63) is 48.2 Å². The molecule has 0 saturated carbocycles. The van der Waals surface area contributed by atoms with Crippen molar-refractivity contribution in [1.82, 2.24) is 29.4 Å². The standard InChI is InChI=1S/C23H27N7O2/c1-15-10-20(26-16(2)25-15)27-21-12-18-11-17(6-8-30(18)28-21)22-19(13-24-29(22)4)31-14-23(3)7-5-9-32-23/h6,8,10-13H,5,7,9,14H2,1-4H3,(H,25,26,27,28)/t23-/m0/s1. The molecule has 5 rings (SSSR count). The Bertz CT molecular complexity index is 1250. The molecule has 0 spiro atoms. The van der Waals surface area contributed by atoms with E-state index in [1.165, 1.54) is 0 Å². The highest BCUT2D eigenvalue weighted by atomic mass is 16.5. The van der Waals surface area contributed by atoms with Gasteiger partial charge in [0.15, 0.2) is 11.6 Å². The van der Waals surface area contributed by atoms with Gasteiger partial charge in [-0.25, -0.2) is 14.5 Å². The summed E-state index contributed by atoms with van der Waals surface area (Å²) in [4.78, 5) is 8.74.